The predicted molar refractivity (Wildman–Crippen MR) is 152 cm³/mol. The highest BCUT2D eigenvalue weighted by Crippen LogP contribution is 2.41. The lowest BCUT2D eigenvalue weighted by Crippen LogP contribution is -2.03. The number of aromatic hydroxyl groups is 1. The number of hydrogen-bond donors (Lipinski definition) is 1. The van der Waals surface area contributed by atoms with Gasteiger partial charge in [0.05, 0.1) is 0 Å². The van der Waals surface area contributed by atoms with Gasteiger partial charge in [-0.1, -0.05) is 38.3 Å². The van der Waals surface area contributed by atoms with Crippen molar-refractivity contribution >= 4 is 39.2 Å². The average Bonchev–Trinajstić information content (AvgIpc) is 3.30. The molecule has 0 aliphatic carbocycles. The summed E-state index contributed by atoms with van der Waals surface area (Å²) in [4.78, 5) is 30.6. The van der Waals surface area contributed by atoms with Gasteiger partial charge in [0.2, 0.25) is 0 Å². The molecule has 0 unspecified atom stereocenters. The summed E-state index contributed by atoms with van der Waals surface area (Å²) >= 11 is 1.31. The van der Waals surface area contributed by atoms with Gasteiger partial charge < -0.3 is 9.84 Å². The van der Waals surface area contributed by atoms with Crippen molar-refractivity contribution in [1.82, 2.24) is 0 Å². The largest absolute Gasteiger partial charge is 0.505 e. The Balaban J connectivity index is 1.58. The summed E-state index contributed by atoms with van der Waals surface area (Å²) in [7, 11) is 0. The van der Waals surface area contributed by atoms with E-state index in [1.807, 2.05) is 0 Å². The van der Waals surface area contributed by atoms with Crippen LogP contribution in [0.5, 0.6) is 11.5 Å². The van der Waals surface area contributed by atoms with Gasteiger partial charge in [0, 0.05) is 44.4 Å². The number of ketones is 2. The van der Waals surface area contributed by atoms with Crippen LogP contribution in [-0.2, 0) is 0 Å². The minimum atomic E-state index is -0.770. The van der Waals surface area contributed by atoms with E-state index in [-0.39, 0.29) is 11.6 Å². The van der Waals surface area contributed by atoms with Crippen LogP contribution >= 0.6 is 11.3 Å². The van der Waals surface area contributed by atoms with Crippen LogP contribution in [0.25, 0.3) is 20.5 Å². The van der Waals surface area contributed by atoms with Gasteiger partial charge in [-0.25, -0.2) is 4.39 Å². The molecule has 4 rings (SSSR count). The maximum absolute atomic E-state index is 14.2. The van der Waals surface area contributed by atoms with E-state index in [0.29, 0.717) is 44.9 Å². The Kier molecular flexibility index (Phi) is 9.02. The Morgan fingerprint density at radius 1 is 1.00 bits per heavy atom. The zero-order valence-corrected chi connectivity index (χ0v) is 22.3. The van der Waals surface area contributed by atoms with Crippen LogP contribution < -0.4 is 4.74 Å². The Bertz CT molecular complexity index is 1470. The molecule has 0 spiro atoms. The zero-order chi connectivity index (χ0) is 27.1. The molecule has 1 N–H and O–H groups in total. The number of halogens is 1. The number of aliphatic imine (C=N–C) groups is 1. The lowest BCUT2D eigenvalue weighted by Gasteiger charge is -2.08. The van der Waals surface area contributed by atoms with Crippen molar-refractivity contribution in [3.63, 3.8) is 0 Å². The number of Topliss-reactive ketones (excluding diaryl/α,β-unsaturated/α-hetero) is 1. The number of nitrogens with zero attached hydrogens (tertiary/aromatic N) is 1. The van der Waals surface area contributed by atoms with Crippen molar-refractivity contribution in [1.29, 1.82) is 0 Å². The number of hydrogen-bond acceptors (Lipinski definition) is 6. The number of phenols is 1. The van der Waals surface area contributed by atoms with Crippen molar-refractivity contribution in [2.75, 3.05) is 13.2 Å². The Labute approximate surface area is 225 Å². The number of phenolic OH excluding ortho intramolecular Hbond substituents is 1. The van der Waals surface area contributed by atoms with Gasteiger partial charge in [-0.05, 0) is 67.4 Å². The molecule has 1 aromatic heterocycles. The number of carbonyl (C=O) groups excluding carboxylic acids is 2. The van der Waals surface area contributed by atoms with Crippen LogP contribution in [0.1, 0.15) is 65.8 Å². The fourth-order valence-electron chi connectivity index (χ4n) is 4.15. The molecule has 0 saturated heterocycles. The number of rotatable bonds is 12. The molecule has 7 heteroatoms. The fourth-order valence-corrected chi connectivity index (χ4v) is 5.38. The molecule has 0 amide bonds. The molecule has 0 fully saturated rings. The molecule has 4 aromatic rings. The molecule has 1 heterocycles. The molecule has 0 aliphatic heterocycles. The van der Waals surface area contributed by atoms with Crippen LogP contribution in [0, 0.1) is 5.82 Å². The quantitative estimate of drug-likeness (QED) is 0.115. The third kappa shape index (κ3) is 6.34. The van der Waals surface area contributed by atoms with Crippen LogP contribution in [0.2, 0.25) is 0 Å². The molecule has 0 saturated carbocycles. The van der Waals surface area contributed by atoms with E-state index in [0.717, 1.165) is 17.7 Å². The second-order valence-corrected chi connectivity index (χ2v) is 10.1. The molecule has 0 radical (unpaired) electrons. The maximum atomic E-state index is 14.2. The summed E-state index contributed by atoms with van der Waals surface area (Å²) in [6, 6.07) is 16.1. The van der Waals surface area contributed by atoms with E-state index in [1.165, 1.54) is 49.7 Å². The van der Waals surface area contributed by atoms with Gasteiger partial charge in [-0.2, -0.15) is 0 Å². The third-order valence-electron chi connectivity index (χ3n) is 6.24. The van der Waals surface area contributed by atoms with Crippen molar-refractivity contribution in [3.8, 4) is 21.9 Å². The van der Waals surface area contributed by atoms with Gasteiger partial charge in [0.15, 0.2) is 23.1 Å². The molecule has 3 aromatic carbocycles. The van der Waals surface area contributed by atoms with E-state index >= 15 is 0 Å². The van der Waals surface area contributed by atoms with Crippen molar-refractivity contribution in [3.05, 3.63) is 83.2 Å². The lowest BCUT2D eigenvalue weighted by atomic mass is 9.96. The minimum absolute atomic E-state index is 0.0810. The SMILES string of the molecule is CCCCCCN=CCOc1ccc(C(=O)c2c(-c3ccc(O)c(F)c3)sc3cc(C(C)=O)ccc23)cc1. The normalized spacial score (nSPS) is 11.3. The number of thiophene rings is 1. The molecule has 0 aliphatic rings. The Hall–Kier alpha value is -3.84. The average molecular weight is 532 g/mol. The van der Waals surface area contributed by atoms with E-state index in [4.69, 9.17) is 4.74 Å². The first-order valence-corrected chi connectivity index (χ1v) is 13.5. The first kappa shape index (κ1) is 27.2. The zero-order valence-electron chi connectivity index (χ0n) is 21.5. The molecule has 38 heavy (non-hydrogen) atoms. The van der Waals surface area contributed by atoms with E-state index in [1.54, 1.807) is 54.7 Å². The highest BCUT2D eigenvalue weighted by atomic mass is 32.1. The van der Waals surface area contributed by atoms with Crippen molar-refractivity contribution < 1.29 is 23.8 Å². The molecular weight excluding hydrogens is 501 g/mol. The van der Waals surface area contributed by atoms with Crippen molar-refractivity contribution in [2.24, 2.45) is 4.99 Å². The summed E-state index contributed by atoms with van der Waals surface area (Å²) in [6.45, 7) is 4.82. The number of carbonyl (C=O) groups is 2. The lowest BCUT2D eigenvalue weighted by molar-refractivity contribution is 0.101. The number of fused-ring (bicyclic) bond motifs is 1. The smallest absolute Gasteiger partial charge is 0.195 e. The summed E-state index contributed by atoms with van der Waals surface area (Å²) in [5.74, 6) is -0.911. The molecule has 0 atom stereocenters. The summed E-state index contributed by atoms with van der Waals surface area (Å²) in [5, 5.41) is 10.3. The highest BCUT2D eigenvalue weighted by Gasteiger charge is 2.23. The maximum Gasteiger partial charge on any atom is 0.195 e. The number of benzene rings is 3. The number of unbranched alkanes of at least 4 members (excludes halogenated alkanes) is 3. The van der Waals surface area contributed by atoms with Crippen LogP contribution in [0.15, 0.2) is 65.7 Å². The van der Waals surface area contributed by atoms with Crippen LogP contribution in [0.3, 0.4) is 0 Å². The standard InChI is InChI=1S/C31H30FNO4S/c1-3-4-5-6-15-33-16-17-37-24-11-7-21(8-12-24)30(36)29-25-13-9-22(20(2)34)19-28(25)38-31(29)23-10-14-27(35)26(32)18-23/h7-14,16,18-19,35H,3-6,15,17H2,1-2H3. The van der Waals surface area contributed by atoms with Gasteiger partial charge >= 0.3 is 0 Å². The first-order chi connectivity index (χ1) is 18.4. The summed E-state index contributed by atoms with van der Waals surface area (Å²) in [5.41, 5.74) is 1.89. The topological polar surface area (TPSA) is 76.0 Å². The first-order valence-electron chi connectivity index (χ1n) is 12.7. The Morgan fingerprint density at radius 3 is 2.47 bits per heavy atom. The van der Waals surface area contributed by atoms with Crippen LogP contribution in [-0.4, -0.2) is 36.0 Å². The molecule has 196 valence electrons. The van der Waals surface area contributed by atoms with E-state index < -0.39 is 11.6 Å². The van der Waals surface area contributed by atoms with Crippen molar-refractivity contribution in [2.45, 2.75) is 39.5 Å². The Morgan fingerprint density at radius 2 is 1.76 bits per heavy atom. The predicted octanol–water partition coefficient (Wildman–Crippen LogP) is 7.88. The molecular formula is C31H30FNO4S. The second-order valence-electron chi connectivity index (χ2n) is 9.05. The summed E-state index contributed by atoms with van der Waals surface area (Å²) in [6.07, 6.45) is 6.45. The monoisotopic (exact) mass is 531 g/mol. The van der Waals surface area contributed by atoms with Gasteiger partial charge in [0.25, 0.3) is 0 Å². The summed E-state index contributed by atoms with van der Waals surface area (Å²) < 4.78 is 20.7. The third-order valence-corrected chi connectivity index (χ3v) is 7.45. The minimum Gasteiger partial charge on any atom is -0.505 e. The van der Waals surface area contributed by atoms with E-state index in [2.05, 4.69) is 11.9 Å². The fraction of sp³-hybridized carbons (Fsp3) is 0.258. The van der Waals surface area contributed by atoms with E-state index in [9.17, 15) is 19.1 Å². The second kappa shape index (κ2) is 12.6. The highest BCUT2D eigenvalue weighted by molar-refractivity contribution is 7.22. The van der Waals surface area contributed by atoms with Gasteiger partial charge in [0.1, 0.15) is 12.4 Å². The molecule has 0 bridgehead atoms. The number of ether oxygens (including phenoxy) is 1. The molecule has 5 nitrogen and oxygen atoms in total. The van der Waals surface area contributed by atoms with Gasteiger partial charge in [-0.15, -0.1) is 11.3 Å². The van der Waals surface area contributed by atoms with Crippen LogP contribution in [0.4, 0.5) is 4.39 Å². The van der Waals surface area contributed by atoms with Gasteiger partial charge in [-0.3, -0.25) is 14.6 Å².